The summed E-state index contributed by atoms with van der Waals surface area (Å²) in [4.78, 5) is 0. The van der Waals surface area contributed by atoms with E-state index in [1.165, 1.54) is 18.4 Å². The van der Waals surface area contributed by atoms with Gasteiger partial charge in [-0.2, -0.15) is 0 Å². The number of hydrogen-bond donors (Lipinski definition) is 0. The van der Waals surface area contributed by atoms with E-state index >= 15 is 0 Å². The van der Waals surface area contributed by atoms with Gasteiger partial charge in [0.2, 0.25) is 0 Å². The molecular formula is C12H20. The van der Waals surface area contributed by atoms with Crippen LogP contribution in [0, 0.1) is 16.7 Å². The zero-order valence-corrected chi connectivity index (χ0v) is 8.99. The van der Waals surface area contributed by atoms with E-state index in [9.17, 15) is 0 Å². The lowest BCUT2D eigenvalue weighted by Crippen LogP contribution is -2.02. The topological polar surface area (TPSA) is 0 Å². The normalized spacial score (nSPS) is 49.2. The number of hydrogen-bond acceptors (Lipinski definition) is 0. The van der Waals surface area contributed by atoms with Crippen molar-refractivity contribution in [1.29, 1.82) is 0 Å². The summed E-state index contributed by atoms with van der Waals surface area (Å²) in [6.45, 7) is 11.7. The molecule has 2 aliphatic carbocycles. The van der Waals surface area contributed by atoms with E-state index in [0.717, 1.165) is 11.3 Å². The molecule has 0 aromatic carbocycles. The second-order valence-corrected chi connectivity index (χ2v) is 5.40. The lowest BCUT2D eigenvalue weighted by Gasteiger charge is -2.14. The Balaban J connectivity index is 2.23. The molecule has 2 aliphatic rings. The van der Waals surface area contributed by atoms with E-state index in [2.05, 4.69) is 34.6 Å². The van der Waals surface area contributed by atoms with E-state index in [1.54, 1.807) is 5.57 Å². The molecule has 0 heterocycles. The van der Waals surface area contributed by atoms with Crippen LogP contribution in [0.2, 0.25) is 0 Å². The van der Waals surface area contributed by atoms with Crippen LogP contribution >= 0.6 is 0 Å². The van der Waals surface area contributed by atoms with Crippen molar-refractivity contribution in [2.45, 2.75) is 47.5 Å². The third-order valence-corrected chi connectivity index (χ3v) is 4.67. The summed E-state index contributed by atoms with van der Waals surface area (Å²) in [7, 11) is 0. The molecule has 0 radical (unpaired) electrons. The summed E-state index contributed by atoms with van der Waals surface area (Å²) in [6.07, 6.45) is 2.94. The summed E-state index contributed by atoms with van der Waals surface area (Å²) in [5.74, 6) is 0.997. The van der Waals surface area contributed by atoms with E-state index in [-0.39, 0.29) is 0 Å². The first-order valence-corrected chi connectivity index (χ1v) is 5.08. The van der Waals surface area contributed by atoms with Crippen molar-refractivity contribution in [3.63, 3.8) is 0 Å². The molecule has 0 saturated heterocycles. The van der Waals surface area contributed by atoms with Crippen LogP contribution in [0.4, 0.5) is 0 Å². The van der Waals surface area contributed by atoms with Gasteiger partial charge in [-0.05, 0) is 50.4 Å². The van der Waals surface area contributed by atoms with Gasteiger partial charge in [-0.25, -0.2) is 0 Å². The molecule has 2 saturated carbocycles. The van der Waals surface area contributed by atoms with Crippen molar-refractivity contribution in [3.8, 4) is 0 Å². The molecule has 0 aromatic heterocycles. The number of rotatable bonds is 1. The Bertz CT molecular complexity index is 257. The smallest absolute Gasteiger partial charge is 0.00516 e. The molecule has 68 valence electrons. The third-order valence-electron chi connectivity index (χ3n) is 4.67. The van der Waals surface area contributed by atoms with Crippen LogP contribution in [0.15, 0.2) is 11.1 Å². The van der Waals surface area contributed by atoms with Gasteiger partial charge in [0.1, 0.15) is 0 Å². The van der Waals surface area contributed by atoms with Crippen LogP contribution in [-0.2, 0) is 0 Å². The summed E-state index contributed by atoms with van der Waals surface area (Å²) in [6, 6.07) is 0. The third kappa shape index (κ3) is 0.739. The Morgan fingerprint density at radius 3 is 2.00 bits per heavy atom. The van der Waals surface area contributed by atoms with Crippen LogP contribution in [0.5, 0.6) is 0 Å². The summed E-state index contributed by atoms with van der Waals surface area (Å²) >= 11 is 0. The molecule has 3 unspecified atom stereocenters. The molecule has 0 amide bonds. The molecule has 0 N–H and O–H groups in total. The van der Waals surface area contributed by atoms with Crippen molar-refractivity contribution < 1.29 is 0 Å². The fourth-order valence-corrected chi connectivity index (χ4v) is 3.15. The highest BCUT2D eigenvalue weighted by molar-refractivity contribution is 5.37. The second kappa shape index (κ2) is 1.97. The molecule has 0 aromatic rings. The largest absolute Gasteiger partial charge is 0.0769 e. The average molecular weight is 164 g/mol. The SMILES string of the molecule is CC(C)=C(C)C1(C)CC12CC2C. The minimum absolute atomic E-state index is 0.589. The van der Waals surface area contributed by atoms with Crippen molar-refractivity contribution in [2.24, 2.45) is 16.7 Å². The standard InChI is InChI=1S/C12H20/c1-8(2)10(4)11(5)7-12(11)6-9(12)3/h9H,6-7H2,1-5H3. The Kier molecular flexibility index (Phi) is 1.37. The summed E-state index contributed by atoms with van der Waals surface area (Å²) in [5.41, 5.74) is 4.54. The zero-order valence-electron chi connectivity index (χ0n) is 8.99. The minimum atomic E-state index is 0.589. The highest BCUT2D eigenvalue weighted by atomic mass is 14.8. The molecule has 0 bridgehead atoms. The monoisotopic (exact) mass is 164 g/mol. The summed E-state index contributed by atoms with van der Waals surface area (Å²) < 4.78 is 0. The van der Waals surface area contributed by atoms with Gasteiger partial charge in [-0.1, -0.05) is 25.0 Å². The van der Waals surface area contributed by atoms with E-state index in [1.807, 2.05) is 0 Å². The Morgan fingerprint density at radius 1 is 1.25 bits per heavy atom. The summed E-state index contributed by atoms with van der Waals surface area (Å²) in [5, 5.41) is 0. The first kappa shape index (κ1) is 8.34. The van der Waals surface area contributed by atoms with Gasteiger partial charge in [0.05, 0.1) is 0 Å². The van der Waals surface area contributed by atoms with Gasteiger partial charge in [0.25, 0.3) is 0 Å². The number of allylic oxidation sites excluding steroid dienone is 2. The zero-order chi connectivity index (χ0) is 9.15. The van der Waals surface area contributed by atoms with Crippen LogP contribution < -0.4 is 0 Å². The van der Waals surface area contributed by atoms with E-state index in [4.69, 9.17) is 0 Å². The van der Waals surface area contributed by atoms with E-state index in [0.29, 0.717) is 5.41 Å². The Morgan fingerprint density at radius 2 is 1.75 bits per heavy atom. The molecule has 0 heteroatoms. The average Bonchev–Trinajstić information content (AvgIpc) is 2.76. The molecule has 2 rings (SSSR count). The van der Waals surface area contributed by atoms with Crippen LogP contribution in [0.1, 0.15) is 47.5 Å². The molecule has 12 heavy (non-hydrogen) atoms. The van der Waals surface area contributed by atoms with Gasteiger partial charge in [0, 0.05) is 0 Å². The quantitative estimate of drug-likeness (QED) is 0.517. The predicted molar refractivity (Wildman–Crippen MR) is 53.0 cm³/mol. The molecule has 0 aliphatic heterocycles. The van der Waals surface area contributed by atoms with Crippen LogP contribution in [-0.4, -0.2) is 0 Å². The molecule has 1 spiro atoms. The highest BCUT2D eigenvalue weighted by Gasteiger charge is 2.75. The van der Waals surface area contributed by atoms with Crippen molar-refractivity contribution >= 4 is 0 Å². The molecular weight excluding hydrogens is 144 g/mol. The first-order chi connectivity index (χ1) is 5.44. The Hall–Kier alpha value is -0.260. The van der Waals surface area contributed by atoms with E-state index < -0.39 is 0 Å². The second-order valence-electron chi connectivity index (χ2n) is 5.40. The molecule has 3 atom stereocenters. The lowest BCUT2D eigenvalue weighted by molar-refractivity contribution is 0.549. The van der Waals surface area contributed by atoms with Gasteiger partial charge < -0.3 is 0 Å². The first-order valence-electron chi connectivity index (χ1n) is 5.08. The minimum Gasteiger partial charge on any atom is -0.0769 e. The van der Waals surface area contributed by atoms with Crippen molar-refractivity contribution in [1.82, 2.24) is 0 Å². The maximum atomic E-state index is 2.46. The van der Waals surface area contributed by atoms with Gasteiger partial charge in [-0.15, -0.1) is 0 Å². The maximum Gasteiger partial charge on any atom is -0.00516 e. The van der Waals surface area contributed by atoms with Gasteiger partial charge in [0.15, 0.2) is 0 Å². The molecule has 2 fully saturated rings. The predicted octanol–water partition coefficient (Wildman–Crippen LogP) is 3.78. The fraction of sp³-hybridized carbons (Fsp3) is 0.833. The van der Waals surface area contributed by atoms with Gasteiger partial charge >= 0.3 is 0 Å². The van der Waals surface area contributed by atoms with Crippen LogP contribution in [0.3, 0.4) is 0 Å². The van der Waals surface area contributed by atoms with Crippen molar-refractivity contribution in [3.05, 3.63) is 11.1 Å². The highest BCUT2D eigenvalue weighted by Crippen LogP contribution is 2.83. The van der Waals surface area contributed by atoms with Gasteiger partial charge in [-0.3, -0.25) is 0 Å². The fourth-order valence-electron chi connectivity index (χ4n) is 3.15. The van der Waals surface area contributed by atoms with Crippen LogP contribution in [0.25, 0.3) is 0 Å². The maximum absolute atomic E-state index is 2.46. The lowest BCUT2D eigenvalue weighted by atomic mass is 9.91. The Labute approximate surface area is 76.1 Å². The molecule has 0 nitrogen and oxygen atoms in total. The van der Waals surface area contributed by atoms with Crippen molar-refractivity contribution in [2.75, 3.05) is 0 Å².